The molecule has 16 heavy (non-hydrogen) atoms. The van der Waals surface area contributed by atoms with Gasteiger partial charge in [-0.15, -0.1) is 0 Å². The van der Waals surface area contributed by atoms with Gasteiger partial charge in [-0.2, -0.15) is 5.10 Å². The topological polar surface area (TPSA) is 84.2 Å². The first-order valence-corrected chi connectivity index (χ1v) is 5.21. The summed E-state index contributed by atoms with van der Waals surface area (Å²) >= 11 is 0. The molecule has 1 aliphatic heterocycles. The zero-order valence-electron chi connectivity index (χ0n) is 9.49. The van der Waals surface area contributed by atoms with Crippen molar-refractivity contribution in [3.05, 3.63) is 11.8 Å². The minimum absolute atomic E-state index is 0.0976. The van der Waals surface area contributed by atoms with Crippen LogP contribution in [0.5, 0.6) is 0 Å². The minimum Gasteiger partial charge on any atom is -0.383 e. The van der Waals surface area contributed by atoms with Crippen molar-refractivity contribution < 1.29 is 9.53 Å². The minimum atomic E-state index is -0.307. The Morgan fingerprint density at radius 3 is 3.00 bits per heavy atom. The Bertz CT molecular complexity index is 399. The van der Waals surface area contributed by atoms with Crippen LogP contribution in [0.3, 0.4) is 0 Å². The number of morpholine rings is 1. The van der Waals surface area contributed by atoms with E-state index in [1.807, 2.05) is 13.8 Å². The Morgan fingerprint density at radius 1 is 1.69 bits per heavy atom. The normalized spacial score (nSPS) is 19.8. The van der Waals surface area contributed by atoms with Crippen molar-refractivity contribution in [2.75, 3.05) is 25.5 Å². The van der Waals surface area contributed by atoms with Crippen molar-refractivity contribution in [3.63, 3.8) is 0 Å². The highest BCUT2D eigenvalue weighted by atomic mass is 16.5. The standard InChI is InChI=1S/C10H16N4O2/c1-10(2)6-16-4-3-14(10)9(15)7-5-12-13-8(7)11/h5H,3-4,6H2,1-2H3,(H3,11,12,13). The number of aromatic nitrogens is 2. The van der Waals surface area contributed by atoms with Crippen LogP contribution in [0.15, 0.2) is 6.20 Å². The molecule has 1 aromatic rings. The van der Waals surface area contributed by atoms with Crippen LogP contribution in [-0.4, -0.2) is 46.3 Å². The quantitative estimate of drug-likeness (QED) is 0.715. The second-order valence-corrected chi connectivity index (χ2v) is 4.52. The number of hydrogen-bond acceptors (Lipinski definition) is 4. The van der Waals surface area contributed by atoms with Crippen LogP contribution in [0.25, 0.3) is 0 Å². The van der Waals surface area contributed by atoms with E-state index in [0.29, 0.717) is 31.1 Å². The van der Waals surface area contributed by atoms with E-state index in [2.05, 4.69) is 10.2 Å². The summed E-state index contributed by atoms with van der Waals surface area (Å²) in [6, 6.07) is 0. The molecule has 1 fully saturated rings. The average molecular weight is 224 g/mol. The first kappa shape index (κ1) is 10.9. The lowest BCUT2D eigenvalue weighted by molar-refractivity contribution is -0.0370. The van der Waals surface area contributed by atoms with Gasteiger partial charge in [0.1, 0.15) is 11.4 Å². The van der Waals surface area contributed by atoms with Crippen LogP contribution in [0.2, 0.25) is 0 Å². The predicted molar refractivity (Wildman–Crippen MR) is 58.9 cm³/mol. The van der Waals surface area contributed by atoms with E-state index in [1.165, 1.54) is 6.20 Å². The number of anilines is 1. The molecule has 0 saturated carbocycles. The smallest absolute Gasteiger partial charge is 0.259 e. The predicted octanol–water partition coefficient (Wildman–Crippen LogP) is 0.243. The Labute approximate surface area is 93.8 Å². The third-order valence-corrected chi connectivity index (χ3v) is 2.79. The molecule has 0 atom stereocenters. The molecule has 0 radical (unpaired) electrons. The van der Waals surface area contributed by atoms with Crippen molar-refractivity contribution in [2.45, 2.75) is 19.4 Å². The summed E-state index contributed by atoms with van der Waals surface area (Å²) in [6.45, 7) is 5.63. The second-order valence-electron chi connectivity index (χ2n) is 4.52. The zero-order valence-corrected chi connectivity index (χ0v) is 9.49. The van der Waals surface area contributed by atoms with E-state index in [4.69, 9.17) is 10.5 Å². The highest BCUT2D eigenvalue weighted by Gasteiger charge is 2.35. The molecule has 3 N–H and O–H groups in total. The van der Waals surface area contributed by atoms with Gasteiger partial charge in [-0.1, -0.05) is 0 Å². The Balaban J connectivity index is 2.24. The summed E-state index contributed by atoms with van der Waals surface area (Å²) in [7, 11) is 0. The summed E-state index contributed by atoms with van der Waals surface area (Å²) < 4.78 is 5.36. The number of carbonyl (C=O) groups is 1. The molecule has 0 aliphatic carbocycles. The van der Waals surface area contributed by atoms with Crippen LogP contribution in [0.1, 0.15) is 24.2 Å². The largest absolute Gasteiger partial charge is 0.383 e. The highest BCUT2D eigenvalue weighted by molar-refractivity contribution is 5.98. The zero-order chi connectivity index (χ0) is 11.8. The van der Waals surface area contributed by atoms with Gasteiger partial charge in [0.25, 0.3) is 5.91 Å². The van der Waals surface area contributed by atoms with E-state index in [-0.39, 0.29) is 11.4 Å². The molecule has 2 heterocycles. The molecule has 1 aliphatic rings. The number of nitrogens with one attached hydrogen (secondary N) is 1. The van der Waals surface area contributed by atoms with Crippen molar-refractivity contribution in [2.24, 2.45) is 0 Å². The third-order valence-electron chi connectivity index (χ3n) is 2.79. The first-order valence-electron chi connectivity index (χ1n) is 5.21. The number of amides is 1. The molecule has 88 valence electrons. The monoisotopic (exact) mass is 224 g/mol. The number of ether oxygens (including phenoxy) is 1. The Hall–Kier alpha value is -1.56. The number of hydrogen-bond donors (Lipinski definition) is 2. The Morgan fingerprint density at radius 2 is 2.44 bits per heavy atom. The molecule has 0 bridgehead atoms. The van der Waals surface area contributed by atoms with Gasteiger partial charge in [0.15, 0.2) is 0 Å². The van der Waals surface area contributed by atoms with E-state index in [0.717, 1.165) is 0 Å². The summed E-state index contributed by atoms with van der Waals surface area (Å²) in [5.41, 5.74) is 5.76. The van der Waals surface area contributed by atoms with E-state index in [1.54, 1.807) is 4.90 Å². The molecule has 0 unspecified atom stereocenters. The lowest BCUT2D eigenvalue weighted by atomic mass is 10.0. The third kappa shape index (κ3) is 1.76. The number of aromatic amines is 1. The molecular formula is C10H16N4O2. The molecule has 2 rings (SSSR count). The van der Waals surface area contributed by atoms with Crippen molar-refractivity contribution in [3.8, 4) is 0 Å². The fourth-order valence-electron chi connectivity index (χ4n) is 1.85. The van der Waals surface area contributed by atoms with E-state index >= 15 is 0 Å². The molecule has 1 saturated heterocycles. The van der Waals surface area contributed by atoms with Crippen LogP contribution >= 0.6 is 0 Å². The fourth-order valence-corrected chi connectivity index (χ4v) is 1.85. The summed E-state index contributed by atoms with van der Waals surface area (Å²) in [5, 5.41) is 6.32. The maximum absolute atomic E-state index is 12.2. The van der Waals surface area contributed by atoms with Gasteiger partial charge in [0.05, 0.1) is 24.9 Å². The number of H-pyrrole nitrogens is 1. The van der Waals surface area contributed by atoms with Gasteiger partial charge in [-0.25, -0.2) is 0 Å². The lowest BCUT2D eigenvalue weighted by Gasteiger charge is -2.41. The van der Waals surface area contributed by atoms with Crippen LogP contribution in [-0.2, 0) is 4.74 Å². The van der Waals surface area contributed by atoms with E-state index < -0.39 is 0 Å². The van der Waals surface area contributed by atoms with Crippen LogP contribution in [0, 0.1) is 0 Å². The van der Waals surface area contributed by atoms with Gasteiger partial charge in [-0.05, 0) is 13.8 Å². The lowest BCUT2D eigenvalue weighted by Crippen LogP contribution is -2.55. The van der Waals surface area contributed by atoms with Crippen molar-refractivity contribution in [1.82, 2.24) is 15.1 Å². The van der Waals surface area contributed by atoms with Gasteiger partial charge >= 0.3 is 0 Å². The molecule has 1 aromatic heterocycles. The van der Waals surface area contributed by atoms with Gasteiger partial charge in [0, 0.05) is 6.54 Å². The number of carbonyl (C=O) groups excluding carboxylic acids is 1. The average Bonchev–Trinajstić information content (AvgIpc) is 2.63. The molecule has 6 heteroatoms. The molecular weight excluding hydrogens is 208 g/mol. The van der Waals surface area contributed by atoms with Crippen molar-refractivity contribution >= 4 is 11.7 Å². The highest BCUT2D eigenvalue weighted by Crippen LogP contribution is 2.22. The number of nitrogens with zero attached hydrogens (tertiary/aromatic N) is 2. The van der Waals surface area contributed by atoms with Gasteiger partial charge in [0.2, 0.25) is 0 Å². The van der Waals surface area contributed by atoms with Crippen LogP contribution < -0.4 is 5.73 Å². The SMILES string of the molecule is CC1(C)COCCN1C(=O)c1cn[nH]c1N. The maximum atomic E-state index is 12.2. The number of rotatable bonds is 1. The van der Waals surface area contributed by atoms with E-state index in [9.17, 15) is 4.79 Å². The summed E-state index contributed by atoms with van der Waals surface area (Å²) in [5.74, 6) is 0.215. The Kier molecular flexibility index (Phi) is 2.59. The summed E-state index contributed by atoms with van der Waals surface area (Å²) in [6.07, 6.45) is 1.46. The van der Waals surface area contributed by atoms with Gasteiger partial charge < -0.3 is 15.4 Å². The van der Waals surface area contributed by atoms with Crippen LogP contribution in [0.4, 0.5) is 5.82 Å². The van der Waals surface area contributed by atoms with Crippen molar-refractivity contribution in [1.29, 1.82) is 0 Å². The van der Waals surface area contributed by atoms with Gasteiger partial charge in [-0.3, -0.25) is 9.89 Å². The number of nitrogens with two attached hydrogens (primary N) is 1. The number of nitrogen functional groups attached to an aromatic ring is 1. The molecule has 6 nitrogen and oxygen atoms in total. The fraction of sp³-hybridized carbons (Fsp3) is 0.600. The molecule has 0 aromatic carbocycles. The molecule has 0 spiro atoms. The summed E-state index contributed by atoms with van der Waals surface area (Å²) in [4.78, 5) is 14.0. The maximum Gasteiger partial charge on any atom is 0.259 e. The second kappa shape index (κ2) is 3.79. The molecule has 1 amide bonds. The first-order chi connectivity index (χ1) is 7.52.